The molecule has 0 aliphatic carbocycles. The molecule has 2 aromatic rings. The van der Waals surface area contributed by atoms with E-state index in [-0.39, 0.29) is 0 Å². The lowest BCUT2D eigenvalue weighted by Crippen LogP contribution is -2.20. The highest BCUT2D eigenvalue weighted by atomic mass is 19.1. The van der Waals surface area contributed by atoms with E-state index in [1.165, 1.54) is 57.7 Å². The van der Waals surface area contributed by atoms with Crippen LogP contribution < -0.4 is 19.5 Å². The van der Waals surface area contributed by atoms with E-state index >= 15 is 0 Å². The number of carbonyl (C=O) groups excluding carboxylic acids is 2. The fourth-order valence-corrected chi connectivity index (χ4v) is 2.28. The Bertz CT molecular complexity index is 838. The molecule has 8 heteroatoms. The van der Waals surface area contributed by atoms with Gasteiger partial charge in [-0.3, -0.25) is 4.79 Å². The molecule has 0 fully saturated rings. The predicted molar refractivity (Wildman–Crippen MR) is 101 cm³/mol. The van der Waals surface area contributed by atoms with E-state index < -0.39 is 24.3 Å². The lowest BCUT2D eigenvalue weighted by atomic mass is 10.1. The summed E-state index contributed by atoms with van der Waals surface area (Å²) in [5, 5.41) is 2.49. The molecule has 0 atom stereocenters. The molecule has 28 heavy (non-hydrogen) atoms. The number of methoxy groups -OCH3 is 3. The third kappa shape index (κ3) is 5.73. The fraction of sp³-hybridized carbons (Fsp3) is 0.200. The number of carbonyl (C=O) groups is 2. The van der Waals surface area contributed by atoms with Crippen LogP contribution in [0, 0.1) is 5.82 Å². The minimum atomic E-state index is -0.706. The normalized spacial score (nSPS) is 10.4. The van der Waals surface area contributed by atoms with Gasteiger partial charge in [0.1, 0.15) is 5.82 Å². The van der Waals surface area contributed by atoms with Gasteiger partial charge in [0.15, 0.2) is 18.1 Å². The molecule has 2 aromatic carbocycles. The second kappa shape index (κ2) is 9.96. The van der Waals surface area contributed by atoms with Gasteiger partial charge in [-0.15, -0.1) is 0 Å². The molecule has 0 heterocycles. The largest absolute Gasteiger partial charge is 0.493 e. The summed E-state index contributed by atoms with van der Waals surface area (Å²) < 4.78 is 33.4. The zero-order valence-electron chi connectivity index (χ0n) is 15.7. The summed E-state index contributed by atoms with van der Waals surface area (Å²) in [7, 11) is 4.46. The third-order valence-electron chi connectivity index (χ3n) is 3.57. The number of anilines is 1. The lowest BCUT2D eigenvalue weighted by Gasteiger charge is -2.12. The van der Waals surface area contributed by atoms with Crippen molar-refractivity contribution in [2.24, 2.45) is 0 Å². The van der Waals surface area contributed by atoms with Crippen LogP contribution in [0.4, 0.5) is 10.1 Å². The Morgan fingerprint density at radius 2 is 1.61 bits per heavy atom. The highest BCUT2D eigenvalue weighted by Gasteiger charge is 2.12. The SMILES string of the molecule is COc1cc(/C=C/C(=O)OCC(=O)Nc2ccc(F)cc2)cc(OC)c1OC. The summed E-state index contributed by atoms with van der Waals surface area (Å²) in [6.45, 7) is -0.476. The molecule has 1 N–H and O–H groups in total. The highest BCUT2D eigenvalue weighted by molar-refractivity contribution is 5.94. The summed E-state index contributed by atoms with van der Waals surface area (Å²) in [6, 6.07) is 8.54. The topological polar surface area (TPSA) is 83.1 Å². The zero-order chi connectivity index (χ0) is 20.5. The molecule has 0 unspecified atom stereocenters. The molecule has 7 nitrogen and oxygen atoms in total. The van der Waals surface area contributed by atoms with Crippen LogP contribution in [0.5, 0.6) is 17.2 Å². The van der Waals surface area contributed by atoms with Gasteiger partial charge in [-0.25, -0.2) is 9.18 Å². The maximum Gasteiger partial charge on any atom is 0.331 e. The van der Waals surface area contributed by atoms with Crippen LogP contribution in [0.25, 0.3) is 6.08 Å². The Labute approximate surface area is 161 Å². The highest BCUT2D eigenvalue weighted by Crippen LogP contribution is 2.38. The Hall–Kier alpha value is -3.55. The average molecular weight is 389 g/mol. The van der Waals surface area contributed by atoms with Gasteiger partial charge in [0, 0.05) is 11.8 Å². The predicted octanol–water partition coefficient (Wildman–Crippen LogP) is 3.05. The maximum absolute atomic E-state index is 12.8. The van der Waals surface area contributed by atoms with Crippen LogP contribution in [0.1, 0.15) is 5.56 Å². The van der Waals surface area contributed by atoms with E-state index in [0.717, 1.165) is 0 Å². The molecule has 0 radical (unpaired) electrons. The van der Waals surface area contributed by atoms with Gasteiger partial charge in [0.2, 0.25) is 5.75 Å². The molecule has 0 aromatic heterocycles. The van der Waals surface area contributed by atoms with E-state index in [1.807, 2.05) is 0 Å². The summed E-state index contributed by atoms with van der Waals surface area (Å²) in [5.74, 6) is -0.352. The van der Waals surface area contributed by atoms with Crippen LogP contribution in [-0.2, 0) is 14.3 Å². The number of hydrogen-bond donors (Lipinski definition) is 1. The smallest absolute Gasteiger partial charge is 0.331 e. The molecule has 148 valence electrons. The summed E-state index contributed by atoms with van der Waals surface area (Å²) in [4.78, 5) is 23.6. The fourth-order valence-electron chi connectivity index (χ4n) is 2.28. The molecule has 0 saturated carbocycles. The average Bonchev–Trinajstić information content (AvgIpc) is 2.71. The van der Waals surface area contributed by atoms with Crippen LogP contribution >= 0.6 is 0 Å². The van der Waals surface area contributed by atoms with Crippen molar-refractivity contribution in [3.05, 3.63) is 53.9 Å². The monoisotopic (exact) mass is 389 g/mol. The summed E-state index contributed by atoms with van der Waals surface area (Å²) in [5.41, 5.74) is 1.01. The van der Waals surface area contributed by atoms with Crippen LogP contribution in [0.15, 0.2) is 42.5 Å². The molecular weight excluding hydrogens is 369 g/mol. The quantitative estimate of drug-likeness (QED) is 0.552. The molecule has 0 aliphatic rings. The van der Waals surface area contributed by atoms with E-state index in [0.29, 0.717) is 28.5 Å². The molecular formula is C20H20FNO6. The van der Waals surface area contributed by atoms with E-state index in [4.69, 9.17) is 18.9 Å². The van der Waals surface area contributed by atoms with Crippen LogP contribution in [0.2, 0.25) is 0 Å². The second-order valence-electron chi connectivity index (χ2n) is 5.45. The van der Waals surface area contributed by atoms with Gasteiger partial charge >= 0.3 is 5.97 Å². The van der Waals surface area contributed by atoms with Crippen molar-refractivity contribution in [2.75, 3.05) is 33.3 Å². The minimum absolute atomic E-state index is 0.399. The number of hydrogen-bond acceptors (Lipinski definition) is 6. The van der Waals surface area contributed by atoms with Crippen molar-refractivity contribution in [1.29, 1.82) is 0 Å². The Kier molecular flexibility index (Phi) is 7.38. The van der Waals surface area contributed by atoms with Crippen molar-refractivity contribution in [2.45, 2.75) is 0 Å². The number of halogens is 1. The van der Waals surface area contributed by atoms with E-state index in [1.54, 1.807) is 12.1 Å². The standard InChI is InChI=1S/C20H20FNO6/c1-25-16-10-13(11-17(26-2)20(16)27-3)4-9-19(24)28-12-18(23)22-15-7-5-14(21)6-8-15/h4-11H,12H2,1-3H3,(H,22,23)/b9-4+. The van der Waals surface area contributed by atoms with E-state index in [9.17, 15) is 14.0 Å². The first-order valence-electron chi connectivity index (χ1n) is 8.17. The number of ether oxygens (including phenoxy) is 4. The molecule has 2 rings (SSSR count). The molecule has 1 amide bonds. The Morgan fingerprint density at radius 3 is 2.14 bits per heavy atom. The van der Waals surface area contributed by atoms with Gasteiger partial charge in [0.05, 0.1) is 21.3 Å². The molecule has 0 saturated heterocycles. The van der Waals surface area contributed by atoms with Crippen molar-refractivity contribution in [3.8, 4) is 17.2 Å². The Balaban J connectivity index is 1.94. The van der Waals surface area contributed by atoms with E-state index in [2.05, 4.69) is 5.32 Å². The number of benzene rings is 2. The van der Waals surface area contributed by atoms with Crippen LogP contribution in [-0.4, -0.2) is 39.8 Å². The van der Waals surface area contributed by atoms with Gasteiger partial charge in [0.25, 0.3) is 5.91 Å². The summed E-state index contributed by atoms with van der Waals surface area (Å²) in [6.07, 6.45) is 2.66. The zero-order valence-corrected chi connectivity index (χ0v) is 15.7. The van der Waals surface area contributed by atoms with Crippen molar-refractivity contribution in [3.63, 3.8) is 0 Å². The Morgan fingerprint density at radius 1 is 1.00 bits per heavy atom. The van der Waals surface area contributed by atoms with Gasteiger partial charge in [-0.05, 0) is 48.0 Å². The van der Waals surface area contributed by atoms with Crippen molar-refractivity contribution in [1.82, 2.24) is 0 Å². The number of esters is 1. The molecule has 0 aliphatic heterocycles. The minimum Gasteiger partial charge on any atom is -0.493 e. The van der Waals surface area contributed by atoms with Crippen molar-refractivity contribution < 1.29 is 32.9 Å². The number of amides is 1. The third-order valence-corrected chi connectivity index (χ3v) is 3.57. The molecule has 0 spiro atoms. The van der Waals surface area contributed by atoms with Gasteiger partial charge < -0.3 is 24.3 Å². The lowest BCUT2D eigenvalue weighted by molar-refractivity contribution is -0.142. The van der Waals surface area contributed by atoms with Crippen molar-refractivity contribution >= 4 is 23.6 Å². The first kappa shape index (κ1) is 20.8. The van der Waals surface area contributed by atoms with Gasteiger partial charge in [-0.1, -0.05) is 0 Å². The first-order chi connectivity index (χ1) is 13.5. The number of nitrogens with one attached hydrogen (secondary N) is 1. The number of rotatable bonds is 8. The summed E-state index contributed by atoms with van der Waals surface area (Å²) >= 11 is 0. The second-order valence-corrected chi connectivity index (χ2v) is 5.45. The molecule has 0 bridgehead atoms. The first-order valence-corrected chi connectivity index (χ1v) is 8.17. The van der Waals surface area contributed by atoms with Gasteiger partial charge in [-0.2, -0.15) is 0 Å². The van der Waals surface area contributed by atoms with Crippen LogP contribution in [0.3, 0.4) is 0 Å². The maximum atomic E-state index is 12.8.